The molecule has 5 nitrogen and oxygen atoms in total. The number of anilines is 1. The molecule has 6 heteroatoms. The van der Waals surface area contributed by atoms with E-state index in [-0.39, 0.29) is 17.3 Å². The van der Waals surface area contributed by atoms with Gasteiger partial charge in [0.2, 0.25) is 15.9 Å². The number of carbonyl (C=O) groups is 1. The SMILES string of the molecule is CCc1cccc(C)c1NC(=O)CNS(=O)(=O)c1c(C)cc(C)cc1C. The van der Waals surface area contributed by atoms with E-state index in [4.69, 9.17) is 0 Å². The van der Waals surface area contributed by atoms with Gasteiger partial charge in [-0.05, 0) is 56.4 Å². The molecule has 140 valence electrons. The average molecular weight is 375 g/mol. The fourth-order valence-electron chi connectivity index (χ4n) is 3.21. The molecule has 1 amide bonds. The minimum atomic E-state index is -3.76. The van der Waals surface area contributed by atoms with Crippen molar-refractivity contribution in [2.75, 3.05) is 11.9 Å². The second kappa shape index (κ2) is 8.01. The van der Waals surface area contributed by atoms with Crippen molar-refractivity contribution in [3.05, 3.63) is 58.1 Å². The molecule has 0 saturated carbocycles. The van der Waals surface area contributed by atoms with Gasteiger partial charge >= 0.3 is 0 Å². The Morgan fingerprint density at radius 1 is 1.00 bits per heavy atom. The van der Waals surface area contributed by atoms with Crippen molar-refractivity contribution in [1.29, 1.82) is 0 Å². The molecule has 2 N–H and O–H groups in total. The van der Waals surface area contributed by atoms with E-state index >= 15 is 0 Å². The summed E-state index contributed by atoms with van der Waals surface area (Å²) in [6.07, 6.45) is 0.783. The third-order valence-corrected chi connectivity index (χ3v) is 6.01. The minimum Gasteiger partial charge on any atom is -0.324 e. The topological polar surface area (TPSA) is 75.3 Å². The lowest BCUT2D eigenvalue weighted by Crippen LogP contribution is -2.34. The fourth-order valence-corrected chi connectivity index (χ4v) is 4.64. The molecule has 0 saturated heterocycles. The van der Waals surface area contributed by atoms with Crippen LogP contribution in [-0.4, -0.2) is 20.9 Å². The summed E-state index contributed by atoms with van der Waals surface area (Å²) in [4.78, 5) is 12.5. The van der Waals surface area contributed by atoms with Gasteiger partial charge in [0.1, 0.15) is 0 Å². The quantitative estimate of drug-likeness (QED) is 0.814. The van der Waals surface area contributed by atoms with Gasteiger partial charge in [-0.2, -0.15) is 0 Å². The van der Waals surface area contributed by atoms with Gasteiger partial charge < -0.3 is 5.32 Å². The van der Waals surface area contributed by atoms with Crippen molar-refractivity contribution in [3.8, 4) is 0 Å². The van der Waals surface area contributed by atoms with Crippen LogP contribution in [-0.2, 0) is 21.2 Å². The van der Waals surface area contributed by atoms with Crippen molar-refractivity contribution < 1.29 is 13.2 Å². The van der Waals surface area contributed by atoms with E-state index in [1.807, 2.05) is 51.1 Å². The first-order valence-electron chi connectivity index (χ1n) is 8.61. The minimum absolute atomic E-state index is 0.237. The summed E-state index contributed by atoms with van der Waals surface area (Å²) in [6.45, 7) is 9.05. The molecule has 0 spiro atoms. The highest BCUT2D eigenvalue weighted by molar-refractivity contribution is 7.89. The van der Waals surface area contributed by atoms with Gasteiger partial charge in [-0.3, -0.25) is 4.79 Å². The zero-order valence-corrected chi connectivity index (χ0v) is 16.8. The molecule has 0 radical (unpaired) electrons. The van der Waals surface area contributed by atoms with Crippen molar-refractivity contribution in [3.63, 3.8) is 0 Å². The molecule has 0 aliphatic heterocycles. The lowest BCUT2D eigenvalue weighted by atomic mass is 10.1. The standard InChI is InChI=1S/C20H26N2O3S/c1-6-17-9-7-8-14(3)19(17)22-18(23)12-21-26(24,25)20-15(4)10-13(2)11-16(20)5/h7-11,21H,6,12H2,1-5H3,(H,22,23). The van der Waals surface area contributed by atoms with E-state index in [9.17, 15) is 13.2 Å². The summed E-state index contributed by atoms with van der Waals surface area (Å²) in [5.74, 6) is -0.389. The first kappa shape index (κ1) is 20.1. The molecule has 0 aromatic heterocycles. The number of para-hydroxylation sites is 1. The number of hydrogen-bond acceptors (Lipinski definition) is 3. The van der Waals surface area contributed by atoms with Crippen molar-refractivity contribution in [2.45, 2.75) is 45.9 Å². The number of benzene rings is 2. The van der Waals surface area contributed by atoms with E-state index in [0.29, 0.717) is 11.1 Å². The van der Waals surface area contributed by atoms with Crippen molar-refractivity contribution >= 4 is 21.6 Å². The molecule has 26 heavy (non-hydrogen) atoms. The van der Waals surface area contributed by atoms with Crippen LogP contribution in [0.4, 0.5) is 5.69 Å². The zero-order valence-electron chi connectivity index (χ0n) is 15.9. The normalized spacial score (nSPS) is 11.4. The first-order valence-corrected chi connectivity index (χ1v) is 10.1. The van der Waals surface area contributed by atoms with Gasteiger partial charge in [-0.15, -0.1) is 0 Å². The van der Waals surface area contributed by atoms with Gasteiger partial charge in [0, 0.05) is 5.69 Å². The molecular weight excluding hydrogens is 348 g/mol. The van der Waals surface area contributed by atoms with Crippen molar-refractivity contribution in [1.82, 2.24) is 4.72 Å². The Kier molecular flexibility index (Phi) is 6.21. The maximum Gasteiger partial charge on any atom is 0.241 e. The molecule has 0 bridgehead atoms. The number of aryl methyl sites for hydroxylation is 5. The average Bonchev–Trinajstić information content (AvgIpc) is 2.53. The third kappa shape index (κ3) is 4.51. The molecule has 0 aliphatic carbocycles. The largest absolute Gasteiger partial charge is 0.324 e. The summed E-state index contributed by atoms with van der Waals surface area (Å²) in [5, 5.41) is 2.83. The Labute approximate surface area is 155 Å². The Bertz CT molecular complexity index is 911. The van der Waals surface area contributed by atoms with Gasteiger partial charge in [0.15, 0.2) is 0 Å². The smallest absolute Gasteiger partial charge is 0.241 e. The summed E-state index contributed by atoms with van der Waals surface area (Å²) in [6, 6.07) is 9.45. The molecule has 0 atom stereocenters. The summed E-state index contributed by atoms with van der Waals surface area (Å²) < 4.78 is 27.7. The van der Waals surface area contributed by atoms with Crippen LogP contribution in [0, 0.1) is 27.7 Å². The second-order valence-corrected chi connectivity index (χ2v) is 8.27. The molecule has 2 rings (SSSR count). The molecule has 0 heterocycles. The predicted octanol–water partition coefficient (Wildman–Crippen LogP) is 3.40. The second-order valence-electron chi connectivity index (χ2n) is 6.56. The maximum absolute atomic E-state index is 12.6. The van der Waals surface area contributed by atoms with Crippen LogP contribution < -0.4 is 10.0 Å². The number of amides is 1. The van der Waals surface area contributed by atoms with Crippen LogP contribution in [0.1, 0.15) is 34.7 Å². The molecule has 0 fully saturated rings. The van der Waals surface area contributed by atoms with Crippen LogP contribution in [0.3, 0.4) is 0 Å². The predicted molar refractivity (Wildman–Crippen MR) is 105 cm³/mol. The van der Waals surface area contributed by atoms with Crippen LogP contribution in [0.5, 0.6) is 0 Å². The van der Waals surface area contributed by atoms with Crippen molar-refractivity contribution in [2.24, 2.45) is 0 Å². The number of sulfonamides is 1. The van der Waals surface area contributed by atoms with E-state index in [1.54, 1.807) is 13.8 Å². The van der Waals surface area contributed by atoms with Gasteiger partial charge in [0.25, 0.3) is 0 Å². The van der Waals surface area contributed by atoms with Crippen LogP contribution in [0.2, 0.25) is 0 Å². The molecule has 0 unspecified atom stereocenters. The summed E-state index contributed by atoms with van der Waals surface area (Å²) in [5.41, 5.74) is 5.06. The Balaban J connectivity index is 2.15. The number of carbonyl (C=O) groups excluding carboxylic acids is 1. The molecule has 2 aromatic carbocycles. The summed E-state index contributed by atoms with van der Waals surface area (Å²) in [7, 11) is -3.76. The lowest BCUT2D eigenvalue weighted by molar-refractivity contribution is -0.115. The first-order chi connectivity index (χ1) is 12.2. The van der Waals surface area contributed by atoms with E-state index in [1.165, 1.54) is 0 Å². The zero-order chi connectivity index (χ0) is 19.5. The molecular formula is C20H26N2O3S. The molecule has 0 aliphatic rings. The van der Waals surface area contributed by atoms with E-state index in [0.717, 1.165) is 28.8 Å². The fraction of sp³-hybridized carbons (Fsp3) is 0.350. The lowest BCUT2D eigenvalue weighted by Gasteiger charge is -2.15. The maximum atomic E-state index is 12.6. The van der Waals surface area contributed by atoms with Gasteiger partial charge in [-0.1, -0.05) is 42.8 Å². The Morgan fingerprint density at radius 3 is 2.19 bits per heavy atom. The van der Waals surface area contributed by atoms with Gasteiger partial charge in [-0.25, -0.2) is 13.1 Å². The number of hydrogen-bond donors (Lipinski definition) is 2. The Hall–Kier alpha value is -2.18. The van der Waals surface area contributed by atoms with Crippen LogP contribution >= 0.6 is 0 Å². The van der Waals surface area contributed by atoms with Crippen LogP contribution in [0.25, 0.3) is 0 Å². The van der Waals surface area contributed by atoms with E-state index in [2.05, 4.69) is 10.0 Å². The summed E-state index contributed by atoms with van der Waals surface area (Å²) >= 11 is 0. The van der Waals surface area contributed by atoms with E-state index < -0.39 is 10.0 Å². The highest BCUT2D eigenvalue weighted by Gasteiger charge is 2.21. The molecule has 2 aromatic rings. The number of rotatable bonds is 6. The number of nitrogens with one attached hydrogen (secondary N) is 2. The Morgan fingerprint density at radius 2 is 1.62 bits per heavy atom. The van der Waals surface area contributed by atoms with Gasteiger partial charge in [0.05, 0.1) is 11.4 Å². The van der Waals surface area contributed by atoms with Crippen LogP contribution in [0.15, 0.2) is 35.2 Å². The monoisotopic (exact) mass is 374 g/mol. The third-order valence-electron chi connectivity index (χ3n) is 4.30. The highest BCUT2D eigenvalue weighted by Crippen LogP contribution is 2.22. The highest BCUT2D eigenvalue weighted by atomic mass is 32.2.